The van der Waals surface area contributed by atoms with Crippen molar-refractivity contribution in [3.63, 3.8) is 0 Å². The number of nitrogens with one attached hydrogen (secondary N) is 2. The van der Waals surface area contributed by atoms with Gasteiger partial charge in [0, 0.05) is 19.3 Å². The lowest BCUT2D eigenvalue weighted by Gasteiger charge is -2.20. The molecule has 3 rings (SSSR count). The quantitative estimate of drug-likeness (QED) is 0.877. The van der Waals surface area contributed by atoms with E-state index in [0.717, 1.165) is 19.6 Å². The van der Waals surface area contributed by atoms with E-state index in [1.807, 2.05) is 6.92 Å². The molecule has 0 spiro atoms. The minimum absolute atomic E-state index is 0.0943. The van der Waals surface area contributed by atoms with Crippen LogP contribution >= 0.6 is 11.6 Å². The lowest BCUT2D eigenvalue weighted by molar-refractivity contribution is 0.0729. The van der Waals surface area contributed by atoms with E-state index in [-0.39, 0.29) is 18.1 Å². The maximum Gasteiger partial charge on any atom is 0.253 e. The normalized spacial score (nSPS) is 24.9. The summed E-state index contributed by atoms with van der Waals surface area (Å²) in [4.78, 5) is 16.6. The summed E-state index contributed by atoms with van der Waals surface area (Å²) < 4.78 is 5.75. The molecule has 2 N–H and O–H groups in total. The molecule has 1 aromatic heterocycles. The first-order valence-corrected chi connectivity index (χ1v) is 7.88. The van der Waals surface area contributed by atoms with Gasteiger partial charge in [0.05, 0.1) is 22.7 Å². The van der Waals surface area contributed by atoms with Crippen LogP contribution < -0.4 is 10.6 Å². The largest absolute Gasteiger partial charge is 0.376 e. The third-order valence-electron chi connectivity index (χ3n) is 4.00. The van der Waals surface area contributed by atoms with Gasteiger partial charge in [-0.2, -0.15) is 0 Å². The molecule has 0 bridgehead atoms. The van der Waals surface area contributed by atoms with E-state index in [2.05, 4.69) is 15.6 Å². The van der Waals surface area contributed by atoms with Crippen molar-refractivity contribution in [3.05, 3.63) is 22.8 Å². The summed E-state index contributed by atoms with van der Waals surface area (Å²) in [6.45, 7) is 3.45. The van der Waals surface area contributed by atoms with Crippen LogP contribution in [-0.4, -0.2) is 36.2 Å². The number of carbonyl (C=O) groups is 1. The predicted molar refractivity (Wildman–Crippen MR) is 81.7 cm³/mol. The fourth-order valence-corrected chi connectivity index (χ4v) is 2.98. The summed E-state index contributed by atoms with van der Waals surface area (Å²) in [5, 5.41) is 6.53. The van der Waals surface area contributed by atoms with Crippen LogP contribution in [0.15, 0.2) is 12.3 Å². The Balaban J connectivity index is 1.71. The molecular formula is C15H20ClN3O2. The molecule has 0 radical (unpaired) electrons. The van der Waals surface area contributed by atoms with E-state index in [1.54, 1.807) is 6.07 Å². The average Bonchev–Trinajstić information content (AvgIpc) is 3.21. The zero-order chi connectivity index (χ0) is 14.8. The number of anilines is 1. The monoisotopic (exact) mass is 309 g/mol. The van der Waals surface area contributed by atoms with E-state index in [1.165, 1.54) is 19.0 Å². The molecular weight excluding hydrogens is 290 g/mol. The lowest BCUT2D eigenvalue weighted by Crippen LogP contribution is -2.41. The molecule has 1 amide bonds. The highest BCUT2D eigenvalue weighted by molar-refractivity contribution is 6.33. The first kappa shape index (κ1) is 14.6. The minimum atomic E-state index is -0.150. The first-order chi connectivity index (χ1) is 10.2. The number of hydrogen-bond acceptors (Lipinski definition) is 4. The van der Waals surface area contributed by atoms with Gasteiger partial charge in [-0.15, -0.1) is 0 Å². The highest BCUT2D eigenvalue weighted by Crippen LogP contribution is 2.38. The Labute approximate surface area is 129 Å². The molecule has 114 valence electrons. The first-order valence-electron chi connectivity index (χ1n) is 7.51. The van der Waals surface area contributed by atoms with Gasteiger partial charge < -0.3 is 15.4 Å². The molecule has 1 aliphatic heterocycles. The van der Waals surface area contributed by atoms with Gasteiger partial charge in [0.25, 0.3) is 5.91 Å². The van der Waals surface area contributed by atoms with E-state index in [0.29, 0.717) is 22.3 Å². The van der Waals surface area contributed by atoms with Gasteiger partial charge in [-0.05, 0) is 38.2 Å². The van der Waals surface area contributed by atoms with Crippen molar-refractivity contribution in [2.75, 3.05) is 18.5 Å². The summed E-state index contributed by atoms with van der Waals surface area (Å²) in [7, 11) is 0. The Bertz CT molecular complexity index is 534. The summed E-state index contributed by atoms with van der Waals surface area (Å²) in [5.74, 6) is 1.12. The van der Waals surface area contributed by atoms with E-state index in [9.17, 15) is 4.79 Å². The van der Waals surface area contributed by atoms with Gasteiger partial charge in [-0.25, -0.2) is 4.98 Å². The SMILES string of the molecule is CCNc1cc(C(=O)NC2CCOC2C2CC2)c(Cl)cn1. The predicted octanol–water partition coefficient (Wildman–Crippen LogP) is 2.46. The highest BCUT2D eigenvalue weighted by atomic mass is 35.5. The number of ether oxygens (including phenoxy) is 1. The van der Waals surface area contributed by atoms with Crippen molar-refractivity contribution >= 4 is 23.3 Å². The number of pyridine rings is 1. The Morgan fingerprint density at radius 2 is 2.29 bits per heavy atom. The Hall–Kier alpha value is -1.33. The van der Waals surface area contributed by atoms with Crippen molar-refractivity contribution in [2.45, 2.75) is 38.3 Å². The molecule has 1 aliphatic carbocycles. The molecule has 0 aromatic carbocycles. The fraction of sp³-hybridized carbons (Fsp3) is 0.600. The molecule has 6 heteroatoms. The number of halogens is 1. The van der Waals surface area contributed by atoms with E-state index >= 15 is 0 Å². The highest BCUT2D eigenvalue weighted by Gasteiger charge is 2.41. The zero-order valence-electron chi connectivity index (χ0n) is 12.1. The number of hydrogen-bond donors (Lipinski definition) is 2. The number of aromatic nitrogens is 1. The summed E-state index contributed by atoms with van der Waals surface area (Å²) in [5.41, 5.74) is 0.462. The van der Waals surface area contributed by atoms with Crippen LogP contribution in [-0.2, 0) is 4.74 Å². The Morgan fingerprint density at radius 1 is 1.48 bits per heavy atom. The maximum atomic E-state index is 12.5. The van der Waals surface area contributed by atoms with Crippen LogP contribution in [0, 0.1) is 5.92 Å². The van der Waals surface area contributed by atoms with Crippen molar-refractivity contribution < 1.29 is 9.53 Å². The third kappa shape index (κ3) is 3.30. The van der Waals surface area contributed by atoms with Crippen LogP contribution in [0.2, 0.25) is 5.02 Å². The van der Waals surface area contributed by atoms with Gasteiger partial charge >= 0.3 is 0 Å². The van der Waals surface area contributed by atoms with Crippen LogP contribution in [0.4, 0.5) is 5.82 Å². The van der Waals surface area contributed by atoms with Gasteiger partial charge in [0.15, 0.2) is 0 Å². The maximum absolute atomic E-state index is 12.5. The minimum Gasteiger partial charge on any atom is -0.376 e. The van der Waals surface area contributed by atoms with Gasteiger partial charge in [-0.3, -0.25) is 4.79 Å². The summed E-state index contributed by atoms with van der Waals surface area (Å²) in [6, 6.07) is 1.79. The van der Waals surface area contributed by atoms with Gasteiger partial charge in [0.2, 0.25) is 0 Å². The Kier molecular flexibility index (Phi) is 4.31. The fourth-order valence-electron chi connectivity index (χ4n) is 2.79. The molecule has 2 heterocycles. The molecule has 5 nitrogen and oxygen atoms in total. The smallest absolute Gasteiger partial charge is 0.253 e. The van der Waals surface area contributed by atoms with E-state index in [4.69, 9.17) is 16.3 Å². The molecule has 2 atom stereocenters. The standard InChI is InChI=1S/C15H20ClN3O2/c1-2-17-13-7-10(11(16)8-18-13)15(20)19-12-5-6-21-14(12)9-3-4-9/h7-9,12,14H,2-6H2,1H3,(H,17,18)(H,19,20). The zero-order valence-corrected chi connectivity index (χ0v) is 12.8. The van der Waals surface area contributed by atoms with Crippen molar-refractivity contribution in [2.24, 2.45) is 5.92 Å². The number of rotatable bonds is 5. The van der Waals surface area contributed by atoms with Crippen molar-refractivity contribution in [1.82, 2.24) is 10.3 Å². The van der Waals surface area contributed by atoms with Crippen LogP contribution in [0.25, 0.3) is 0 Å². The molecule has 2 fully saturated rings. The topological polar surface area (TPSA) is 63.2 Å². The van der Waals surface area contributed by atoms with Gasteiger partial charge in [0.1, 0.15) is 5.82 Å². The second kappa shape index (κ2) is 6.20. The van der Waals surface area contributed by atoms with Crippen molar-refractivity contribution in [3.8, 4) is 0 Å². The number of nitrogens with zero attached hydrogens (tertiary/aromatic N) is 1. The average molecular weight is 310 g/mol. The second-order valence-corrected chi connectivity index (χ2v) is 6.03. The molecule has 1 aromatic rings. The Morgan fingerprint density at radius 3 is 3.00 bits per heavy atom. The van der Waals surface area contributed by atoms with Crippen LogP contribution in [0.3, 0.4) is 0 Å². The summed E-state index contributed by atoms with van der Waals surface area (Å²) in [6.07, 6.45) is 4.96. The molecule has 2 unspecified atom stereocenters. The molecule has 1 saturated heterocycles. The summed E-state index contributed by atoms with van der Waals surface area (Å²) >= 11 is 6.11. The second-order valence-electron chi connectivity index (χ2n) is 5.62. The number of amides is 1. The van der Waals surface area contributed by atoms with Crippen LogP contribution in [0.1, 0.15) is 36.5 Å². The van der Waals surface area contributed by atoms with Gasteiger partial charge in [-0.1, -0.05) is 11.6 Å². The number of carbonyl (C=O) groups excluding carboxylic acids is 1. The molecule has 2 aliphatic rings. The molecule has 1 saturated carbocycles. The lowest BCUT2D eigenvalue weighted by atomic mass is 10.1. The third-order valence-corrected chi connectivity index (χ3v) is 4.30. The van der Waals surface area contributed by atoms with Crippen LogP contribution in [0.5, 0.6) is 0 Å². The van der Waals surface area contributed by atoms with E-state index < -0.39 is 0 Å². The molecule has 21 heavy (non-hydrogen) atoms. The van der Waals surface area contributed by atoms with Crippen molar-refractivity contribution in [1.29, 1.82) is 0 Å².